The average molecular weight is 697 g/mol. The number of nitrogens with one attached hydrogen (secondary N) is 4. The van der Waals surface area contributed by atoms with Crippen molar-refractivity contribution >= 4 is 23.5 Å². The molecule has 7 N–H and O–H groups in total. The predicted octanol–water partition coefficient (Wildman–Crippen LogP) is 6.26. The number of likely N-dealkylation sites (tertiary alicyclic amines) is 1. The van der Waals surface area contributed by atoms with Gasteiger partial charge in [0.1, 0.15) is 35.0 Å². The fraction of sp³-hybridized carbons (Fsp3) is 0.436. The number of hydrogen-bond donors (Lipinski definition) is 6. The highest BCUT2D eigenvalue weighted by atomic mass is 16.5. The van der Waals surface area contributed by atoms with Gasteiger partial charge in [-0.2, -0.15) is 0 Å². The highest BCUT2D eigenvalue weighted by Crippen LogP contribution is 2.38. The number of allylic oxidation sites excluding steroid dienone is 1. The molecule has 272 valence electrons. The molecule has 5 rings (SSSR count). The molecule has 2 heterocycles. The maximum atomic E-state index is 13.6. The van der Waals surface area contributed by atoms with Crippen molar-refractivity contribution in [2.45, 2.75) is 91.0 Å². The first kappa shape index (κ1) is 37.2. The van der Waals surface area contributed by atoms with Crippen LogP contribution in [0.4, 0.5) is 10.5 Å². The van der Waals surface area contributed by atoms with Gasteiger partial charge in [-0.15, -0.1) is 0 Å². The number of aromatic nitrogens is 1. The molecule has 0 radical (unpaired) electrons. The molecule has 2 amide bonds. The van der Waals surface area contributed by atoms with E-state index in [0.29, 0.717) is 35.7 Å². The van der Waals surface area contributed by atoms with Gasteiger partial charge in [0.2, 0.25) is 5.96 Å². The summed E-state index contributed by atoms with van der Waals surface area (Å²) in [5, 5.41) is 32.8. The number of nitrogens with zero attached hydrogens (tertiary/aromatic N) is 3. The van der Waals surface area contributed by atoms with Crippen LogP contribution in [0.3, 0.4) is 0 Å². The van der Waals surface area contributed by atoms with E-state index < -0.39 is 6.03 Å². The Morgan fingerprint density at radius 3 is 2.57 bits per heavy atom. The Kier molecular flexibility index (Phi) is 11.9. The molecule has 1 fully saturated rings. The van der Waals surface area contributed by atoms with Crippen molar-refractivity contribution in [3.05, 3.63) is 95.2 Å². The van der Waals surface area contributed by atoms with Gasteiger partial charge >= 0.3 is 6.03 Å². The van der Waals surface area contributed by atoms with Gasteiger partial charge in [-0.1, -0.05) is 51.1 Å². The molecule has 0 unspecified atom stereocenters. The lowest BCUT2D eigenvalue weighted by molar-refractivity contribution is 0.130. The summed E-state index contributed by atoms with van der Waals surface area (Å²) in [6, 6.07) is 18.0. The second-order valence-electron chi connectivity index (χ2n) is 14.4. The molecule has 1 aliphatic carbocycles. The Hall–Kier alpha value is -5.10. The van der Waals surface area contributed by atoms with E-state index in [1.54, 1.807) is 60.2 Å². The molecule has 1 aliphatic heterocycles. The van der Waals surface area contributed by atoms with Crippen LogP contribution in [0, 0.1) is 16.2 Å². The zero-order valence-electron chi connectivity index (χ0n) is 30.3. The zero-order valence-corrected chi connectivity index (χ0v) is 30.3. The van der Waals surface area contributed by atoms with Crippen molar-refractivity contribution in [2.24, 2.45) is 16.1 Å². The first-order valence-electron chi connectivity index (χ1n) is 17.7. The summed E-state index contributed by atoms with van der Waals surface area (Å²) in [7, 11) is 0. The van der Waals surface area contributed by atoms with Gasteiger partial charge < -0.3 is 30.5 Å². The number of piperidine rings is 1. The number of aliphatic hydroxyl groups is 1. The highest BCUT2D eigenvalue weighted by molar-refractivity contribution is 6.05. The standard InChI is InChI=1S/C39H52N8O4/c1-25-11-8-9-20-46(25)37(42)47-23-29(16-19-35(47)41)51-33-18-17-32(30-14-6-7-15-31(30)33)44-38(49)45-36(22-34(40)39(3,4)5)43-27-12-10-13-28(21-27)50-26(2)24-48/h6-7,10,12-16,19,21-23,25-26,32-33,41-42,48H,8-9,11,17-18,20,24,40H2,1-5H3,(H2,43,44,45,49)/t25-,26-,32-,33+/m0/s1. The van der Waals surface area contributed by atoms with Crippen LogP contribution in [-0.2, 0) is 0 Å². The smallest absolute Gasteiger partial charge is 0.320 e. The maximum Gasteiger partial charge on any atom is 0.320 e. The summed E-state index contributed by atoms with van der Waals surface area (Å²) in [6.45, 7) is 10.5. The van der Waals surface area contributed by atoms with Crippen LogP contribution in [0.1, 0.15) is 90.0 Å². The minimum Gasteiger partial charge on any atom is -0.488 e. The maximum absolute atomic E-state index is 13.6. The summed E-state index contributed by atoms with van der Waals surface area (Å²) >= 11 is 0. The largest absolute Gasteiger partial charge is 0.488 e. The highest BCUT2D eigenvalue weighted by Gasteiger charge is 2.30. The lowest BCUT2D eigenvalue weighted by atomic mass is 9.85. The van der Waals surface area contributed by atoms with E-state index in [1.165, 1.54) is 0 Å². The summed E-state index contributed by atoms with van der Waals surface area (Å²) in [6.07, 6.45) is 7.24. The van der Waals surface area contributed by atoms with Gasteiger partial charge in [0.25, 0.3) is 0 Å². The molecule has 4 atom stereocenters. The minimum absolute atomic E-state index is 0.120. The topological polar surface area (TPSA) is 174 Å². The SMILES string of the molecule is C[C@@H](CO)Oc1cccc(N=C(C=C(N)C(C)(C)C)NC(=O)N[C@H]2CC[C@@H](Oc3ccc(=N)n(C(=N)N4CCCC[C@@H]4C)c3)c3ccccc32)c1. The van der Waals surface area contributed by atoms with E-state index in [0.717, 1.165) is 36.9 Å². The number of amidine groups is 1. The van der Waals surface area contributed by atoms with E-state index in [1.807, 2.05) is 45.0 Å². The van der Waals surface area contributed by atoms with Gasteiger partial charge in [0.05, 0.1) is 24.5 Å². The number of fused-ring (bicyclic) bond motifs is 1. The number of carbonyl (C=O) groups excluding carboxylic acids is 1. The molecular formula is C39H52N8O4. The van der Waals surface area contributed by atoms with Crippen molar-refractivity contribution < 1.29 is 19.4 Å². The molecule has 2 aromatic carbocycles. The van der Waals surface area contributed by atoms with E-state index in [2.05, 4.69) is 22.5 Å². The Bertz CT molecular complexity index is 1830. The van der Waals surface area contributed by atoms with Crippen LogP contribution in [0.25, 0.3) is 0 Å². The fourth-order valence-electron chi connectivity index (χ4n) is 6.27. The molecule has 12 nitrogen and oxygen atoms in total. The minimum atomic E-state index is -0.426. The van der Waals surface area contributed by atoms with E-state index in [4.69, 9.17) is 31.0 Å². The quantitative estimate of drug-likeness (QED) is 0.120. The number of urea groups is 1. The van der Waals surface area contributed by atoms with Crippen molar-refractivity contribution in [1.29, 1.82) is 10.8 Å². The second-order valence-corrected chi connectivity index (χ2v) is 14.4. The zero-order chi connectivity index (χ0) is 36.7. The number of rotatable bonds is 8. The van der Waals surface area contributed by atoms with Crippen LogP contribution < -0.4 is 31.3 Å². The lowest BCUT2D eigenvalue weighted by Gasteiger charge is -2.36. The normalized spacial score (nSPS) is 20.2. The third-order valence-electron chi connectivity index (χ3n) is 9.31. The number of ether oxygens (including phenoxy) is 2. The molecule has 1 saturated heterocycles. The molecular weight excluding hydrogens is 644 g/mol. The van der Waals surface area contributed by atoms with Gasteiger partial charge in [0, 0.05) is 35.8 Å². The third-order valence-corrected chi connectivity index (χ3v) is 9.31. The number of benzene rings is 2. The number of pyridine rings is 1. The number of carbonyl (C=O) groups is 1. The molecule has 1 aromatic heterocycles. The van der Waals surface area contributed by atoms with E-state index in [9.17, 15) is 9.90 Å². The fourth-order valence-corrected chi connectivity index (χ4v) is 6.27. The summed E-state index contributed by atoms with van der Waals surface area (Å²) in [5.74, 6) is 1.68. The van der Waals surface area contributed by atoms with Gasteiger partial charge in [-0.3, -0.25) is 20.7 Å². The number of hydrogen-bond acceptors (Lipinski definition) is 8. The molecule has 3 aromatic rings. The summed E-state index contributed by atoms with van der Waals surface area (Å²) in [5.41, 5.74) is 9.30. The molecule has 0 spiro atoms. The molecule has 0 bridgehead atoms. The van der Waals surface area contributed by atoms with Gasteiger partial charge in [0.15, 0.2) is 0 Å². The van der Waals surface area contributed by atoms with Crippen molar-refractivity contribution in [1.82, 2.24) is 20.1 Å². The number of nitrogens with two attached hydrogens (primary N) is 1. The van der Waals surface area contributed by atoms with Crippen LogP contribution in [0.5, 0.6) is 11.5 Å². The lowest BCUT2D eigenvalue weighted by Crippen LogP contribution is -2.47. The monoisotopic (exact) mass is 696 g/mol. The van der Waals surface area contributed by atoms with Gasteiger partial charge in [-0.25, -0.2) is 9.79 Å². The summed E-state index contributed by atoms with van der Waals surface area (Å²) < 4.78 is 13.9. The average Bonchev–Trinajstić information content (AvgIpc) is 3.09. The summed E-state index contributed by atoms with van der Waals surface area (Å²) in [4.78, 5) is 20.3. The third kappa shape index (κ3) is 9.57. The first-order chi connectivity index (χ1) is 24.3. The number of aliphatic hydroxyl groups excluding tert-OH is 1. The van der Waals surface area contributed by atoms with Crippen molar-refractivity contribution in [2.75, 3.05) is 13.2 Å². The van der Waals surface area contributed by atoms with Crippen LogP contribution >= 0.6 is 0 Å². The number of amides is 2. The number of aliphatic imine (C=N–C) groups is 1. The second kappa shape index (κ2) is 16.3. The first-order valence-corrected chi connectivity index (χ1v) is 17.7. The van der Waals surface area contributed by atoms with Gasteiger partial charge in [-0.05, 0) is 81.3 Å². The Morgan fingerprint density at radius 2 is 1.84 bits per heavy atom. The van der Waals surface area contributed by atoms with E-state index >= 15 is 0 Å². The molecule has 0 saturated carbocycles. The molecule has 2 aliphatic rings. The molecule has 51 heavy (non-hydrogen) atoms. The van der Waals surface area contributed by atoms with Crippen LogP contribution in [0.15, 0.2) is 83.6 Å². The Labute approximate surface area is 300 Å². The van der Waals surface area contributed by atoms with Crippen molar-refractivity contribution in [3.63, 3.8) is 0 Å². The Balaban J connectivity index is 1.33. The van der Waals surface area contributed by atoms with Crippen LogP contribution in [-0.4, -0.2) is 57.7 Å². The Morgan fingerprint density at radius 1 is 1.08 bits per heavy atom. The van der Waals surface area contributed by atoms with Crippen molar-refractivity contribution in [3.8, 4) is 11.5 Å². The van der Waals surface area contributed by atoms with E-state index in [-0.39, 0.29) is 53.6 Å². The van der Waals surface area contributed by atoms with Crippen LogP contribution in [0.2, 0.25) is 0 Å². The predicted molar refractivity (Wildman–Crippen MR) is 199 cm³/mol. The molecule has 12 heteroatoms.